The Kier molecular flexibility index (Phi) is 7.40. The van der Waals surface area contributed by atoms with Crippen molar-refractivity contribution in [3.63, 3.8) is 0 Å². The fourth-order valence-corrected chi connectivity index (χ4v) is 4.12. The van der Waals surface area contributed by atoms with Gasteiger partial charge in [0.05, 0.1) is 12.3 Å². The van der Waals surface area contributed by atoms with E-state index in [0.29, 0.717) is 0 Å². The Morgan fingerprint density at radius 1 is 1.33 bits per heavy atom. The molecule has 0 amide bonds. The number of furan rings is 1. The highest BCUT2D eigenvalue weighted by Gasteiger charge is 2.35. The second kappa shape index (κ2) is 9.08. The van der Waals surface area contributed by atoms with Crippen LogP contribution >= 0.6 is 24.0 Å². The average molecular weight is 446 g/mol. The van der Waals surface area contributed by atoms with Crippen LogP contribution in [0.15, 0.2) is 27.8 Å². The molecule has 0 spiro atoms. The summed E-state index contributed by atoms with van der Waals surface area (Å²) in [5.41, 5.74) is 0. The van der Waals surface area contributed by atoms with Crippen molar-refractivity contribution in [1.29, 1.82) is 0 Å². The summed E-state index contributed by atoms with van der Waals surface area (Å²) in [6.07, 6.45) is 7.34. The first-order chi connectivity index (χ1) is 11.2. The molecular weight excluding hydrogens is 415 g/mol. The van der Waals surface area contributed by atoms with E-state index in [4.69, 9.17) is 4.42 Å². The molecule has 1 aliphatic carbocycles. The number of rotatable bonds is 4. The van der Waals surface area contributed by atoms with E-state index in [1.807, 2.05) is 19.2 Å². The van der Waals surface area contributed by atoms with E-state index in [1.54, 1.807) is 6.26 Å². The zero-order valence-corrected chi connectivity index (χ0v) is 17.4. The minimum atomic E-state index is 0. The summed E-state index contributed by atoms with van der Waals surface area (Å²) in [5.74, 6) is 3.78. The average Bonchev–Trinajstić information content (AvgIpc) is 3.20. The zero-order valence-electron chi connectivity index (χ0n) is 15.1. The molecule has 3 rings (SSSR count). The summed E-state index contributed by atoms with van der Waals surface area (Å²) >= 11 is 0. The van der Waals surface area contributed by atoms with Crippen LogP contribution in [0.25, 0.3) is 0 Å². The summed E-state index contributed by atoms with van der Waals surface area (Å²) in [5, 5.41) is 3.57. The maximum atomic E-state index is 5.59. The lowest BCUT2D eigenvalue weighted by atomic mass is 9.82. The maximum Gasteiger partial charge on any atom is 0.193 e. The normalized spacial score (nSPS) is 25.3. The lowest BCUT2D eigenvalue weighted by molar-refractivity contribution is 0.256. The first-order valence-corrected chi connectivity index (χ1v) is 8.84. The summed E-state index contributed by atoms with van der Waals surface area (Å²) in [6, 6.07) is 4.21. The first-order valence-electron chi connectivity index (χ1n) is 8.84. The van der Waals surface area contributed by atoms with Gasteiger partial charge in [-0.05, 0) is 50.9 Å². The van der Waals surface area contributed by atoms with E-state index in [0.717, 1.165) is 43.2 Å². The van der Waals surface area contributed by atoms with Crippen molar-refractivity contribution in [2.24, 2.45) is 16.8 Å². The van der Waals surface area contributed by atoms with E-state index in [-0.39, 0.29) is 30.0 Å². The molecular formula is C18H31IN4O. The Morgan fingerprint density at radius 3 is 2.50 bits per heavy atom. The fraction of sp³-hybridized carbons (Fsp3) is 0.722. The summed E-state index contributed by atoms with van der Waals surface area (Å²) in [7, 11) is 6.06. The quantitative estimate of drug-likeness (QED) is 0.439. The predicted octanol–water partition coefficient (Wildman–Crippen LogP) is 3.20. The van der Waals surface area contributed by atoms with Crippen molar-refractivity contribution in [1.82, 2.24) is 15.1 Å². The minimum Gasteiger partial charge on any atom is -0.468 e. The third-order valence-electron chi connectivity index (χ3n) is 5.44. The number of nitrogens with one attached hydrogen (secondary N) is 1. The van der Waals surface area contributed by atoms with Gasteiger partial charge >= 0.3 is 0 Å². The number of halogens is 1. The van der Waals surface area contributed by atoms with Gasteiger partial charge in [0, 0.05) is 26.7 Å². The van der Waals surface area contributed by atoms with Crippen LogP contribution in [-0.4, -0.2) is 56.5 Å². The van der Waals surface area contributed by atoms with Crippen LogP contribution in [0.4, 0.5) is 0 Å². The van der Waals surface area contributed by atoms with Gasteiger partial charge in [-0.1, -0.05) is 12.8 Å². The number of nitrogens with zero attached hydrogens (tertiary/aromatic N) is 3. The maximum absolute atomic E-state index is 5.59. The largest absolute Gasteiger partial charge is 0.468 e. The third-order valence-corrected chi connectivity index (χ3v) is 5.44. The molecule has 0 bridgehead atoms. The van der Waals surface area contributed by atoms with Crippen molar-refractivity contribution in [2.45, 2.75) is 31.7 Å². The van der Waals surface area contributed by atoms with Crippen molar-refractivity contribution >= 4 is 29.9 Å². The molecule has 1 aromatic heterocycles. The summed E-state index contributed by atoms with van der Waals surface area (Å²) < 4.78 is 5.59. The Bertz CT molecular complexity index is 503. The highest BCUT2D eigenvalue weighted by Crippen LogP contribution is 2.36. The topological polar surface area (TPSA) is 44.0 Å². The van der Waals surface area contributed by atoms with Gasteiger partial charge in [-0.3, -0.25) is 9.89 Å². The second-order valence-electron chi connectivity index (χ2n) is 7.13. The van der Waals surface area contributed by atoms with Crippen molar-refractivity contribution in [3.05, 3.63) is 24.2 Å². The molecule has 6 heteroatoms. The molecule has 5 nitrogen and oxygen atoms in total. The molecule has 2 heterocycles. The van der Waals surface area contributed by atoms with Crippen LogP contribution in [0.5, 0.6) is 0 Å². The number of guanidine groups is 1. The van der Waals surface area contributed by atoms with Crippen LogP contribution < -0.4 is 5.32 Å². The Labute approximate surface area is 162 Å². The Balaban J connectivity index is 0.00000208. The number of likely N-dealkylation sites (N-methyl/N-ethyl adjacent to an activating group) is 1. The van der Waals surface area contributed by atoms with Gasteiger partial charge in [-0.15, -0.1) is 24.0 Å². The first kappa shape index (κ1) is 19.6. The molecule has 1 saturated carbocycles. The van der Waals surface area contributed by atoms with Gasteiger partial charge in [0.15, 0.2) is 5.96 Å². The van der Waals surface area contributed by atoms with E-state index in [9.17, 15) is 0 Å². The highest BCUT2D eigenvalue weighted by molar-refractivity contribution is 14.0. The molecule has 1 aliphatic heterocycles. The molecule has 0 aromatic carbocycles. The van der Waals surface area contributed by atoms with E-state index >= 15 is 0 Å². The van der Waals surface area contributed by atoms with Crippen molar-refractivity contribution in [3.8, 4) is 0 Å². The third kappa shape index (κ3) is 4.45. The van der Waals surface area contributed by atoms with Gasteiger partial charge in [0.1, 0.15) is 5.76 Å². The van der Waals surface area contributed by atoms with Crippen LogP contribution in [0.3, 0.4) is 0 Å². The molecule has 1 saturated heterocycles. The van der Waals surface area contributed by atoms with Crippen LogP contribution in [-0.2, 0) is 0 Å². The number of hydrogen-bond donors (Lipinski definition) is 1. The van der Waals surface area contributed by atoms with Crippen molar-refractivity contribution in [2.75, 3.05) is 40.8 Å². The smallest absolute Gasteiger partial charge is 0.193 e. The monoisotopic (exact) mass is 446 g/mol. The summed E-state index contributed by atoms with van der Waals surface area (Å²) in [6.45, 7) is 3.13. The molecule has 1 N–H and O–H groups in total. The van der Waals surface area contributed by atoms with Gasteiger partial charge in [0.2, 0.25) is 0 Å². The molecule has 2 aliphatic rings. The zero-order chi connectivity index (χ0) is 16.2. The SMILES string of the molecule is CN=C(NCC(c1ccco1)N(C)C)N1CC2CCCCC2C1.I. The number of fused-ring (bicyclic) bond motifs is 1. The van der Waals surface area contributed by atoms with Gasteiger partial charge < -0.3 is 14.6 Å². The van der Waals surface area contributed by atoms with Gasteiger partial charge in [-0.25, -0.2) is 0 Å². The number of likely N-dealkylation sites (tertiary alicyclic amines) is 1. The van der Waals surface area contributed by atoms with Gasteiger partial charge in [0.25, 0.3) is 0 Å². The number of hydrogen-bond acceptors (Lipinski definition) is 3. The Hall–Kier alpha value is -0.760. The summed E-state index contributed by atoms with van der Waals surface area (Å²) in [4.78, 5) is 9.16. The molecule has 136 valence electrons. The molecule has 0 radical (unpaired) electrons. The predicted molar refractivity (Wildman–Crippen MR) is 109 cm³/mol. The van der Waals surface area contributed by atoms with Crippen LogP contribution in [0.1, 0.15) is 37.5 Å². The van der Waals surface area contributed by atoms with Crippen LogP contribution in [0, 0.1) is 11.8 Å². The molecule has 24 heavy (non-hydrogen) atoms. The second-order valence-corrected chi connectivity index (χ2v) is 7.13. The standard InChI is InChI=1S/C18H30N4O.HI/c1-19-18(22-12-14-7-4-5-8-15(14)13-22)20-11-16(21(2)3)17-9-6-10-23-17;/h6,9-10,14-16H,4-5,7-8,11-13H2,1-3H3,(H,19,20);1H. The number of aliphatic imine (C=N–C) groups is 1. The Morgan fingerprint density at radius 2 is 2.00 bits per heavy atom. The van der Waals surface area contributed by atoms with Crippen molar-refractivity contribution < 1.29 is 4.42 Å². The lowest BCUT2D eigenvalue weighted by Gasteiger charge is -2.27. The minimum absolute atomic E-state index is 0. The lowest BCUT2D eigenvalue weighted by Crippen LogP contribution is -2.43. The molecule has 2 fully saturated rings. The van der Waals surface area contributed by atoms with E-state index < -0.39 is 0 Å². The van der Waals surface area contributed by atoms with E-state index in [2.05, 4.69) is 34.2 Å². The van der Waals surface area contributed by atoms with E-state index in [1.165, 1.54) is 25.7 Å². The highest BCUT2D eigenvalue weighted by atomic mass is 127. The molecule has 3 unspecified atom stereocenters. The molecule has 3 atom stereocenters. The molecule has 1 aromatic rings. The fourth-order valence-electron chi connectivity index (χ4n) is 4.12. The van der Waals surface area contributed by atoms with Gasteiger partial charge in [-0.2, -0.15) is 0 Å². The van der Waals surface area contributed by atoms with Crippen LogP contribution in [0.2, 0.25) is 0 Å².